The summed E-state index contributed by atoms with van der Waals surface area (Å²) in [4.78, 5) is 24.4. The molecule has 0 unspecified atom stereocenters. The zero-order valence-corrected chi connectivity index (χ0v) is 15.8. The minimum atomic E-state index is -4.65. The van der Waals surface area contributed by atoms with Gasteiger partial charge in [-0.1, -0.05) is 18.2 Å². The van der Waals surface area contributed by atoms with E-state index in [2.05, 4.69) is 0 Å². The molecule has 0 spiro atoms. The first-order valence-electron chi connectivity index (χ1n) is 8.82. The van der Waals surface area contributed by atoms with E-state index in [1.54, 1.807) is 0 Å². The molecule has 4 nitrogen and oxygen atoms in total. The zero-order valence-electron chi connectivity index (χ0n) is 15.8. The first-order chi connectivity index (χ1) is 14.9. The SMILES string of the molecule is O=C(Oc1cccc(OC(=O)c2cccc(C(F)(F)F)c2)c1)c1cccc(C(F)(F)F)c1. The van der Waals surface area contributed by atoms with Crippen molar-refractivity contribution in [3.8, 4) is 11.5 Å². The predicted molar refractivity (Wildman–Crippen MR) is 99.2 cm³/mol. The van der Waals surface area contributed by atoms with Crippen LogP contribution in [0.2, 0.25) is 0 Å². The van der Waals surface area contributed by atoms with Crippen molar-refractivity contribution in [3.63, 3.8) is 0 Å². The lowest BCUT2D eigenvalue weighted by Crippen LogP contribution is -2.12. The molecule has 10 heteroatoms. The van der Waals surface area contributed by atoms with Crippen LogP contribution in [0.25, 0.3) is 0 Å². The van der Waals surface area contributed by atoms with Gasteiger partial charge in [0, 0.05) is 6.07 Å². The molecule has 0 atom stereocenters. The van der Waals surface area contributed by atoms with Crippen LogP contribution < -0.4 is 9.47 Å². The standard InChI is InChI=1S/C22H12F6O4/c23-21(24,25)15-6-1-4-13(10-15)19(29)31-17-8-3-9-18(12-17)32-20(30)14-5-2-7-16(11-14)22(26,27)28/h1-12H. The van der Waals surface area contributed by atoms with E-state index in [-0.39, 0.29) is 22.6 Å². The number of carbonyl (C=O) groups is 2. The van der Waals surface area contributed by atoms with E-state index < -0.39 is 35.4 Å². The van der Waals surface area contributed by atoms with Crippen molar-refractivity contribution in [2.75, 3.05) is 0 Å². The van der Waals surface area contributed by atoms with Gasteiger partial charge < -0.3 is 9.47 Å². The number of hydrogen-bond donors (Lipinski definition) is 0. The summed E-state index contributed by atoms with van der Waals surface area (Å²) >= 11 is 0. The molecule has 0 saturated carbocycles. The zero-order chi connectivity index (χ0) is 23.5. The normalized spacial score (nSPS) is 11.7. The monoisotopic (exact) mass is 454 g/mol. The third-order valence-corrected chi connectivity index (χ3v) is 4.08. The molecule has 0 aliphatic rings. The molecule has 0 fully saturated rings. The Morgan fingerprint density at radius 2 is 0.938 bits per heavy atom. The largest absolute Gasteiger partial charge is 0.423 e. The van der Waals surface area contributed by atoms with Crippen molar-refractivity contribution in [1.29, 1.82) is 0 Å². The molecule has 3 aromatic rings. The highest BCUT2D eigenvalue weighted by Crippen LogP contribution is 2.31. The van der Waals surface area contributed by atoms with Crippen LogP contribution in [-0.4, -0.2) is 11.9 Å². The van der Waals surface area contributed by atoms with Crippen molar-refractivity contribution in [3.05, 3.63) is 95.1 Å². The molecule has 0 N–H and O–H groups in total. The fourth-order valence-corrected chi connectivity index (χ4v) is 2.58. The van der Waals surface area contributed by atoms with Crippen molar-refractivity contribution < 1.29 is 45.4 Å². The number of halogens is 6. The highest BCUT2D eigenvalue weighted by Gasteiger charge is 2.32. The fourth-order valence-electron chi connectivity index (χ4n) is 2.58. The van der Waals surface area contributed by atoms with Crippen molar-refractivity contribution in [1.82, 2.24) is 0 Å². The topological polar surface area (TPSA) is 52.6 Å². The van der Waals surface area contributed by atoms with Crippen LogP contribution in [0.1, 0.15) is 31.8 Å². The minimum Gasteiger partial charge on any atom is -0.423 e. The Hall–Kier alpha value is -3.82. The lowest BCUT2D eigenvalue weighted by Gasteiger charge is -2.10. The molecule has 166 valence electrons. The van der Waals surface area contributed by atoms with Crippen LogP contribution in [0.5, 0.6) is 11.5 Å². The predicted octanol–water partition coefficient (Wildman–Crippen LogP) is 6.16. The molecule has 0 aliphatic heterocycles. The Balaban J connectivity index is 1.74. The Morgan fingerprint density at radius 3 is 1.31 bits per heavy atom. The molecule has 0 amide bonds. The Kier molecular flexibility index (Phi) is 6.24. The number of alkyl halides is 6. The van der Waals surface area contributed by atoms with E-state index in [1.165, 1.54) is 18.2 Å². The maximum absolute atomic E-state index is 12.8. The van der Waals surface area contributed by atoms with Crippen LogP contribution in [0.4, 0.5) is 26.3 Å². The van der Waals surface area contributed by atoms with Gasteiger partial charge in [-0.2, -0.15) is 26.3 Å². The molecule has 0 aromatic heterocycles. The van der Waals surface area contributed by atoms with E-state index in [0.717, 1.165) is 42.5 Å². The van der Waals surface area contributed by atoms with Gasteiger partial charge in [0.05, 0.1) is 22.3 Å². The van der Waals surface area contributed by atoms with Gasteiger partial charge in [-0.3, -0.25) is 0 Å². The van der Waals surface area contributed by atoms with Gasteiger partial charge in [0.1, 0.15) is 11.5 Å². The summed E-state index contributed by atoms with van der Waals surface area (Å²) in [5.41, 5.74) is -2.77. The lowest BCUT2D eigenvalue weighted by molar-refractivity contribution is -0.138. The molecule has 0 saturated heterocycles. The van der Waals surface area contributed by atoms with Gasteiger partial charge in [0.15, 0.2) is 0 Å². The summed E-state index contributed by atoms with van der Waals surface area (Å²) < 4.78 is 86.8. The third kappa shape index (κ3) is 5.65. The molecule has 0 radical (unpaired) electrons. The Morgan fingerprint density at radius 1 is 0.562 bits per heavy atom. The number of esters is 2. The molecule has 3 rings (SSSR count). The van der Waals surface area contributed by atoms with Gasteiger partial charge in [0.2, 0.25) is 0 Å². The molecule has 32 heavy (non-hydrogen) atoms. The number of hydrogen-bond acceptors (Lipinski definition) is 4. The highest BCUT2D eigenvalue weighted by atomic mass is 19.4. The summed E-state index contributed by atoms with van der Waals surface area (Å²) in [6.07, 6.45) is -9.29. The summed E-state index contributed by atoms with van der Waals surface area (Å²) in [7, 11) is 0. The second kappa shape index (κ2) is 8.74. The van der Waals surface area contributed by atoms with E-state index >= 15 is 0 Å². The molecular weight excluding hydrogens is 442 g/mol. The van der Waals surface area contributed by atoms with Crippen LogP contribution in [-0.2, 0) is 12.4 Å². The number of rotatable bonds is 4. The van der Waals surface area contributed by atoms with Gasteiger partial charge in [0.25, 0.3) is 0 Å². The van der Waals surface area contributed by atoms with Gasteiger partial charge in [-0.15, -0.1) is 0 Å². The van der Waals surface area contributed by atoms with Crippen LogP contribution in [0, 0.1) is 0 Å². The van der Waals surface area contributed by atoms with Crippen molar-refractivity contribution >= 4 is 11.9 Å². The third-order valence-electron chi connectivity index (χ3n) is 4.08. The van der Waals surface area contributed by atoms with E-state index in [1.807, 2.05) is 0 Å². The van der Waals surface area contributed by atoms with E-state index in [4.69, 9.17) is 9.47 Å². The fraction of sp³-hybridized carbons (Fsp3) is 0.0909. The quantitative estimate of drug-likeness (QED) is 0.269. The van der Waals surface area contributed by atoms with E-state index in [9.17, 15) is 35.9 Å². The maximum Gasteiger partial charge on any atom is 0.416 e. The summed E-state index contributed by atoms with van der Waals surface area (Å²) in [6, 6.07) is 12.2. The highest BCUT2D eigenvalue weighted by molar-refractivity contribution is 5.92. The molecule has 3 aromatic carbocycles. The second-order valence-corrected chi connectivity index (χ2v) is 6.41. The average Bonchev–Trinajstić information content (AvgIpc) is 2.73. The Bertz CT molecular complexity index is 1060. The smallest absolute Gasteiger partial charge is 0.416 e. The molecule has 0 aliphatic carbocycles. The first-order valence-corrected chi connectivity index (χ1v) is 8.82. The number of carbonyl (C=O) groups excluding carboxylic acids is 2. The Labute approximate surface area is 177 Å². The molecular formula is C22H12F6O4. The lowest BCUT2D eigenvalue weighted by atomic mass is 10.1. The number of benzene rings is 3. The van der Waals surface area contributed by atoms with Gasteiger partial charge in [-0.05, 0) is 48.5 Å². The maximum atomic E-state index is 12.8. The first kappa shape index (κ1) is 22.9. The van der Waals surface area contributed by atoms with Crippen molar-refractivity contribution in [2.45, 2.75) is 12.4 Å². The minimum absolute atomic E-state index is 0.151. The van der Waals surface area contributed by atoms with Gasteiger partial charge in [-0.25, -0.2) is 9.59 Å². The van der Waals surface area contributed by atoms with Crippen molar-refractivity contribution in [2.24, 2.45) is 0 Å². The van der Waals surface area contributed by atoms with Crippen LogP contribution in [0.3, 0.4) is 0 Å². The van der Waals surface area contributed by atoms with Crippen LogP contribution in [0.15, 0.2) is 72.8 Å². The number of ether oxygens (including phenoxy) is 2. The summed E-state index contributed by atoms with van der Waals surface area (Å²) in [6.45, 7) is 0. The van der Waals surface area contributed by atoms with Crippen LogP contribution >= 0.6 is 0 Å². The molecule has 0 bridgehead atoms. The molecule has 0 heterocycles. The summed E-state index contributed by atoms with van der Waals surface area (Å²) in [5, 5.41) is 0. The second-order valence-electron chi connectivity index (χ2n) is 6.41. The average molecular weight is 454 g/mol. The van der Waals surface area contributed by atoms with E-state index in [0.29, 0.717) is 12.1 Å². The van der Waals surface area contributed by atoms with Gasteiger partial charge >= 0.3 is 24.3 Å². The summed E-state index contributed by atoms with van der Waals surface area (Å²) in [5.74, 6) is -2.47.